The molecule has 1 saturated carbocycles. The third-order valence-electron chi connectivity index (χ3n) is 5.96. The summed E-state index contributed by atoms with van der Waals surface area (Å²) >= 11 is 0. The van der Waals surface area contributed by atoms with E-state index in [-0.39, 0.29) is 6.04 Å². The molecule has 1 aliphatic carbocycles. The molecule has 6 heteroatoms. The van der Waals surface area contributed by atoms with E-state index < -0.39 is 0 Å². The molecule has 24 heavy (non-hydrogen) atoms. The molecule has 132 valence electrons. The first-order valence-electron chi connectivity index (χ1n) is 9.57. The van der Waals surface area contributed by atoms with Crippen molar-refractivity contribution in [2.45, 2.75) is 82.8 Å². The van der Waals surface area contributed by atoms with Crippen LogP contribution in [-0.4, -0.2) is 51.0 Å². The quantitative estimate of drug-likeness (QED) is 0.829. The van der Waals surface area contributed by atoms with Crippen molar-refractivity contribution in [2.75, 3.05) is 13.1 Å². The highest BCUT2D eigenvalue weighted by molar-refractivity contribution is 5.76. The molecule has 4 rings (SSSR count). The Morgan fingerprint density at radius 2 is 1.96 bits per heavy atom. The van der Waals surface area contributed by atoms with Gasteiger partial charge in [-0.3, -0.25) is 9.69 Å². The summed E-state index contributed by atoms with van der Waals surface area (Å²) in [5, 5.41) is 4.17. The van der Waals surface area contributed by atoms with Crippen molar-refractivity contribution in [1.82, 2.24) is 19.9 Å². The van der Waals surface area contributed by atoms with Crippen molar-refractivity contribution in [3.05, 3.63) is 11.7 Å². The van der Waals surface area contributed by atoms with Crippen LogP contribution in [0.2, 0.25) is 0 Å². The van der Waals surface area contributed by atoms with Crippen LogP contribution in [0.5, 0.6) is 0 Å². The smallest absolute Gasteiger partial charge is 0.243 e. The van der Waals surface area contributed by atoms with Gasteiger partial charge in [-0.2, -0.15) is 4.98 Å². The van der Waals surface area contributed by atoms with E-state index in [9.17, 15) is 4.79 Å². The number of carbonyl (C=O) groups is 1. The number of hydrogen-bond acceptors (Lipinski definition) is 5. The van der Waals surface area contributed by atoms with Crippen LogP contribution in [0.25, 0.3) is 0 Å². The number of nitrogens with zero attached hydrogens (tertiary/aromatic N) is 4. The fourth-order valence-electron chi connectivity index (χ4n) is 4.48. The van der Waals surface area contributed by atoms with Gasteiger partial charge in [-0.1, -0.05) is 12.1 Å². The van der Waals surface area contributed by atoms with Gasteiger partial charge in [-0.15, -0.1) is 0 Å². The Kier molecular flexibility index (Phi) is 4.33. The lowest BCUT2D eigenvalue weighted by atomic mass is 10.0. The molecule has 0 N–H and O–H groups in total. The predicted molar refractivity (Wildman–Crippen MR) is 89.4 cm³/mol. The zero-order valence-electron chi connectivity index (χ0n) is 14.8. The average molecular weight is 332 g/mol. The SMILES string of the molecule is CCC(=O)N1CCC[C@@H]1[C@H]1CCCN1[C@@H](C)c1nc(C2CC2)no1. The number of likely N-dealkylation sites (tertiary alicyclic amines) is 2. The molecule has 1 amide bonds. The van der Waals surface area contributed by atoms with E-state index in [4.69, 9.17) is 4.52 Å². The lowest BCUT2D eigenvalue weighted by molar-refractivity contribution is -0.132. The second-order valence-corrected chi connectivity index (χ2v) is 7.54. The molecule has 3 aliphatic rings. The fraction of sp³-hybridized carbons (Fsp3) is 0.833. The molecule has 1 aromatic heterocycles. The van der Waals surface area contributed by atoms with Crippen LogP contribution < -0.4 is 0 Å². The topological polar surface area (TPSA) is 62.5 Å². The summed E-state index contributed by atoms with van der Waals surface area (Å²) in [4.78, 5) is 21.5. The minimum atomic E-state index is 0.136. The summed E-state index contributed by atoms with van der Waals surface area (Å²) in [5.74, 6) is 2.45. The standard InChI is InChI=1S/C18H28N4O2/c1-3-16(23)22-11-5-7-15(22)14-6-4-10-21(14)12(2)18-19-17(20-24-18)13-8-9-13/h12-15H,3-11H2,1-2H3/t12-,14+,15+/m0/s1. The van der Waals surface area contributed by atoms with Gasteiger partial charge in [0.25, 0.3) is 0 Å². The molecule has 3 fully saturated rings. The molecule has 0 unspecified atom stereocenters. The van der Waals surface area contributed by atoms with Crippen molar-refractivity contribution in [1.29, 1.82) is 0 Å². The molecule has 6 nitrogen and oxygen atoms in total. The average Bonchev–Trinajstić information content (AvgIpc) is 3.04. The summed E-state index contributed by atoms with van der Waals surface area (Å²) in [6, 6.07) is 0.916. The minimum Gasteiger partial charge on any atom is -0.338 e. The van der Waals surface area contributed by atoms with Gasteiger partial charge in [0.05, 0.1) is 6.04 Å². The monoisotopic (exact) mass is 332 g/mol. The Morgan fingerprint density at radius 3 is 2.71 bits per heavy atom. The van der Waals surface area contributed by atoms with Crippen molar-refractivity contribution in [2.24, 2.45) is 0 Å². The van der Waals surface area contributed by atoms with Gasteiger partial charge in [0.15, 0.2) is 5.82 Å². The molecule has 2 saturated heterocycles. The lowest BCUT2D eigenvalue weighted by Gasteiger charge is -2.36. The predicted octanol–water partition coefficient (Wildman–Crippen LogP) is 2.87. The molecule has 2 aliphatic heterocycles. The Labute approximate surface area is 143 Å². The van der Waals surface area contributed by atoms with E-state index in [1.807, 2.05) is 6.92 Å². The zero-order chi connectivity index (χ0) is 16.7. The molecule has 3 heterocycles. The highest BCUT2D eigenvalue weighted by Crippen LogP contribution is 2.40. The first-order chi connectivity index (χ1) is 11.7. The summed E-state index contributed by atoms with van der Waals surface area (Å²) in [7, 11) is 0. The van der Waals surface area contributed by atoms with Gasteiger partial charge < -0.3 is 9.42 Å². The summed E-state index contributed by atoms with van der Waals surface area (Å²) < 4.78 is 5.56. The molecule has 0 bridgehead atoms. The molecule has 0 aromatic carbocycles. The van der Waals surface area contributed by atoms with Crippen LogP contribution in [0.3, 0.4) is 0 Å². The highest BCUT2D eigenvalue weighted by Gasteiger charge is 2.42. The number of aromatic nitrogens is 2. The van der Waals surface area contributed by atoms with Crippen LogP contribution >= 0.6 is 0 Å². The van der Waals surface area contributed by atoms with Crippen LogP contribution in [0.1, 0.15) is 82.5 Å². The van der Waals surface area contributed by atoms with E-state index in [1.165, 1.54) is 19.3 Å². The first-order valence-corrected chi connectivity index (χ1v) is 9.57. The van der Waals surface area contributed by atoms with Gasteiger partial charge >= 0.3 is 0 Å². The van der Waals surface area contributed by atoms with Crippen molar-refractivity contribution < 1.29 is 9.32 Å². The normalized spacial score (nSPS) is 29.3. The first kappa shape index (κ1) is 16.1. The molecule has 0 radical (unpaired) electrons. The van der Waals surface area contributed by atoms with E-state index in [0.717, 1.165) is 44.1 Å². The Bertz CT molecular complexity index is 598. The lowest BCUT2D eigenvalue weighted by Crippen LogP contribution is -2.48. The zero-order valence-corrected chi connectivity index (χ0v) is 14.8. The van der Waals surface area contributed by atoms with Crippen molar-refractivity contribution in [3.8, 4) is 0 Å². The van der Waals surface area contributed by atoms with E-state index in [1.54, 1.807) is 0 Å². The second kappa shape index (κ2) is 6.47. The van der Waals surface area contributed by atoms with E-state index in [0.29, 0.717) is 30.3 Å². The van der Waals surface area contributed by atoms with Gasteiger partial charge in [0.2, 0.25) is 11.8 Å². The van der Waals surface area contributed by atoms with Crippen molar-refractivity contribution in [3.63, 3.8) is 0 Å². The maximum absolute atomic E-state index is 12.3. The minimum absolute atomic E-state index is 0.136. The van der Waals surface area contributed by atoms with Crippen molar-refractivity contribution >= 4 is 5.91 Å². The second-order valence-electron chi connectivity index (χ2n) is 7.54. The largest absolute Gasteiger partial charge is 0.338 e. The van der Waals surface area contributed by atoms with E-state index in [2.05, 4.69) is 26.9 Å². The number of rotatable bonds is 5. The molecular weight excluding hydrogens is 304 g/mol. The Balaban J connectivity index is 1.50. The summed E-state index contributed by atoms with van der Waals surface area (Å²) in [6.07, 6.45) is 7.58. The molecule has 1 aromatic rings. The van der Waals surface area contributed by atoms with Gasteiger partial charge in [-0.05, 0) is 52.0 Å². The van der Waals surface area contributed by atoms with Crippen LogP contribution in [0, 0.1) is 0 Å². The third-order valence-corrected chi connectivity index (χ3v) is 5.96. The Morgan fingerprint density at radius 1 is 1.21 bits per heavy atom. The van der Waals surface area contributed by atoms with Gasteiger partial charge in [0.1, 0.15) is 0 Å². The summed E-state index contributed by atoms with van der Waals surface area (Å²) in [6.45, 7) is 6.11. The van der Waals surface area contributed by atoms with Gasteiger partial charge in [-0.25, -0.2) is 0 Å². The summed E-state index contributed by atoms with van der Waals surface area (Å²) in [5.41, 5.74) is 0. The van der Waals surface area contributed by atoms with Gasteiger partial charge in [0, 0.05) is 31.0 Å². The maximum atomic E-state index is 12.3. The van der Waals surface area contributed by atoms with Crippen LogP contribution in [0.15, 0.2) is 4.52 Å². The molecular formula is C18H28N4O2. The Hall–Kier alpha value is -1.43. The maximum Gasteiger partial charge on any atom is 0.243 e. The van der Waals surface area contributed by atoms with Crippen LogP contribution in [0.4, 0.5) is 0 Å². The molecule has 0 spiro atoms. The number of hydrogen-bond donors (Lipinski definition) is 0. The third kappa shape index (κ3) is 2.85. The van der Waals surface area contributed by atoms with Crippen LogP contribution in [-0.2, 0) is 4.79 Å². The highest BCUT2D eigenvalue weighted by atomic mass is 16.5. The fourth-order valence-corrected chi connectivity index (χ4v) is 4.48. The molecule has 3 atom stereocenters. The number of carbonyl (C=O) groups excluding carboxylic acids is 1. The van der Waals surface area contributed by atoms with E-state index >= 15 is 0 Å². The number of amides is 1.